The number of hydrogen-bond donors (Lipinski definition) is 0. The van der Waals surface area contributed by atoms with Crippen LogP contribution in [0.15, 0.2) is 60.7 Å². The summed E-state index contributed by atoms with van der Waals surface area (Å²) in [6, 6.07) is 24.3. The predicted molar refractivity (Wildman–Crippen MR) is 107 cm³/mol. The molecule has 0 N–H and O–H groups in total. The van der Waals surface area contributed by atoms with Gasteiger partial charge in [-0.3, -0.25) is 0 Å². The molecule has 2 rings (SSSR count). The molecule has 0 saturated heterocycles. The second kappa shape index (κ2) is 7.60. The molecular weight excluding hydrogens is 312 g/mol. The van der Waals surface area contributed by atoms with Gasteiger partial charge in [0.1, 0.15) is 0 Å². The summed E-state index contributed by atoms with van der Waals surface area (Å²) < 4.78 is 7.15. The fourth-order valence-electron chi connectivity index (χ4n) is 3.40. The van der Waals surface area contributed by atoms with Crippen LogP contribution in [0.25, 0.3) is 0 Å². The van der Waals surface area contributed by atoms with E-state index in [4.69, 9.17) is 4.12 Å². The fraction of sp³-hybridized carbons (Fsp3) is 0.400. The first-order valence-corrected chi connectivity index (χ1v) is 12.8. The normalized spacial score (nSPS) is 12.6. The number of benzene rings is 2. The molecule has 124 valence electrons. The molecular formula is C20H30OSi2. The van der Waals surface area contributed by atoms with Crippen molar-refractivity contribution in [2.75, 3.05) is 0 Å². The molecule has 0 aromatic heterocycles. The monoisotopic (exact) mass is 342 g/mol. The van der Waals surface area contributed by atoms with Crippen LogP contribution in [0.1, 0.15) is 34.6 Å². The molecule has 0 saturated carbocycles. The Balaban J connectivity index is 2.69. The Bertz CT molecular complexity index is 547. The van der Waals surface area contributed by atoms with Crippen LogP contribution in [0.4, 0.5) is 0 Å². The first kappa shape index (κ1) is 18.2. The maximum atomic E-state index is 7.15. The molecule has 0 heterocycles. The van der Waals surface area contributed by atoms with Crippen molar-refractivity contribution in [1.29, 1.82) is 0 Å². The Morgan fingerprint density at radius 3 is 1.48 bits per heavy atom. The van der Waals surface area contributed by atoms with Gasteiger partial charge in [0.15, 0.2) is 9.04 Å². The molecule has 23 heavy (non-hydrogen) atoms. The molecule has 2 aromatic carbocycles. The summed E-state index contributed by atoms with van der Waals surface area (Å²) in [4.78, 5) is 0. The van der Waals surface area contributed by atoms with Crippen molar-refractivity contribution in [2.45, 2.75) is 51.7 Å². The van der Waals surface area contributed by atoms with Gasteiger partial charge in [0.25, 0.3) is 0 Å². The van der Waals surface area contributed by atoms with E-state index in [0.29, 0.717) is 0 Å². The van der Waals surface area contributed by atoms with E-state index in [0.717, 1.165) is 0 Å². The van der Waals surface area contributed by atoms with Gasteiger partial charge in [-0.25, -0.2) is 0 Å². The van der Waals surface area contributed by atoms with Crippen molar-refractivity contribution in [1.82, 2.24) is 0 Å². The zero-order valence-corrected chi connectivity index (χ0v) is 17.3. The minimum atomic E-state index is -2.29. The number of hydrogen-bond acceptors (Lipinski definition) is 1. The lowest BCUT2D eigenvalue weighted by Crippen LogP contribution is -2.68. The van der Waals surface area contributed by atoms with E-state index < -0.39 is 17.4 Å². The van der Waals surface area contributed by atoms with E-state index in [1.165, 1.54) is 22.5 Å². The lowest BCUT2D eigenvalue weighted by molar-refractivity contribution is 0.514. The summed E-state index contributed by atoms with van der Waals surface area (Å²) in [6.07, 6.45) is 0. The quantitative estimate of drug-likeness (QED) is 0.710. The Hall–Kier alpha value is -1.17. The minimum Gasteiger partial charge on any atom is -0.451 e. The van der Waals surface area contributed by atoms with Crippen LogP contribution >= 0.6 is 0 Å². The summed E-state index contributed by atoms with van der Waals surface area (Å²) in [5.41, 5.74) is 0. The van der Waals surface area contributed by atoms with Crippen molar-refractivity contribution in [2.24, 2.45) is 0 Å². The highest BCUT2D eigenvalue weighted by atomic mass is 28.4. The van der Waals surface area contributed by atoms with Crippen molar-refractivity contribution >= 4 is 27.7 Å². The van der Waals surface area contributed by atoms with Crippen LogP contribution < -0.4 is 10.4 Å². The Morgan fingerprint density at radius 1 is 0.783 bits per heavy atom. The van der Waals surface area contributed by atoms with Crippen LogP contribution in [-0.4, -0.2) is 17.4 Å². The first-order chi connectivity index (χ1) is 11.0. The van der Waals surface area contributed by atoms with Crippen molar-refractivity contribution in [3.63, 3.8) is 0 Å². The van der Waals surface area contributed by atoms with E-state index in [1.807, 2.05) is 0 Å². The van der Waals surface area contributed by atoms with Crippen LogP contribution in [0.2, 0.25) is 17.1 Å². The number of rotatable bonds is 6. The highest BCUT2D eigenvalue weighted by molar-refractivity contribution is 7.02. The van der Waals surface area contributed by atoms with Gasteiger partial charge in [0, 0.05) is 0 Å². The van der Waals surface area contributed by atoms with Gasteiger partial charge >= 0.3 is 0 Å². The lowest BCUT2D eigenvalue weighted by atomic mass is 10.2. The van der Waals surface area contributed by atoms with Crippen LogP contribution in [-0.2, 0) is 4.12 Å². The highest BCUT2D eigenvalue weighted by Gasteiger charge is 2.50. The Kier molecular flexibility index (Phi) is 6.01. The van der Waals surface area contributed by atoms with Gasteiger partial charge in [0.05, 0.1) is 0 Å². The SMILES string of the molecule is CC[SiH](CC)O[Si](c1ccccc1)(c1ccccc1)C(C)(C)C. The van der Waals surface area contributed by atoms with Crippen molar-refractivity contribution in [3.8, 4) is 0 Å². The molecule has 0 aliphatic carbocycles. The molecule has 0 amide bonds. The third-order valence-corrected chi connectivity index (χ3v) is 13.6. The summed E-state index contributed by atoms with van der Waals surface area (Å²) >= 11 is 0. The van der Waals surface area contributed by atoms with Gasteiger partial charge in [-0.15, -0.1) is 0 Å². The van der Waals surface area contributed by atoms with E-state index in [9.17, 15) is 0 Å². The van der Waals surface area contributed by atoms with E-state index in [1.54, 1.807) is 0 Å². The maximum Gasteiger partial charge on any atom is 0.250 e. The molecule has 0 spiro atoms. The zero-order valence-electron chi connectivity index (χ0n) is 15.2. The topological polar surface area (TPSA) is 9.23 Å². The highest BCUT2D eigenvalue weighted by Crippen LogP contribution is 2.37. The maximum absolute atomic E-state index is 7.15. The average molecular weight is 343 g/mol. The first-order valence-electron chi connectivity index (χ1n) is 8.74. The lowest BCUT2D eigenvalue weighted by Gasteiger charge is -2.45. The molecule has 1 nitrogen and oxygen atoms in total. The minimum absolute atomic E-state index is 0.102. The van der Waals surface area contributed by atoms with Crippen molar-refractivity contribution < 1.29 is 4.12 Å². The average Bonchev–Trinajstić information content (AvgIpc) is 2.57. The fourth-order valence-corrected chi connectivity index (χ4v) is 13.2. The van der Waals surface area contributed by atoms with Gasteiger partial charge in [-0.2, -0.15) is 0 Å². The second-order valence-corrected chi connectivity index (χ2v) is 15.1. The van der Waals surface area contributed by atoms with E-state index in [-0.39, 0.29) is 5.04 Å². The molecule has 0 bridgehead atoms. The van der Waals surface area contributed by atoms with Crippen LogP contribution in [0.5, 0.6) is 0 Å². The third-order valence-electron chi connectivity index (χ3n) is 4.67. The molecule has 0 aliphatic heterocycles. The smallest absolute Gasteiger partial charge is 0.250 e. The van der Waals surface area contributed by atoms with Gasteiger partial charge in [-0.05, 0) is 27.5 Å². The van der Waals surface area contributed by atoms with Gasteiger partial charge in [0.2, 0.25) is 8.32 Å². The van der Waals surface area contributed by atoms with Crippen molar-refractivity contribution in [3.05, 3.63) is 60.7 Å². The molecule has 0 atom stereocenters. The Labute approximate surface area is 144 Å². The predicted octanol–water partition coefficient (Wildman–Crippen LogP) is 4.33. The van der Waals surface area contributed by atoms with Crippen LogP contribution in [0.3, 0.4) is 0 Å². The van der Waals surface area contributed by atoms with E-state index >= 15 is 0 Å². The second-order valence-electron chi connectivity index (χ2n) is 7.22. The molecule has 0 fully saturated rings. The molecule has 3 heteroatoms. The molecule has 0 unspecified atom stereocenters. The third kappa shape index (κ3) is 3.68. The standard InChI is InChI=1S/C20H30OSi2/c1-6-22(7-2)21-23(20(3,4)5,18-14-10-8-11-15-18)19-16-12-9-13-17-19/h8-17,22H,6-7H2,1-5H3. The largest absolute Gasteiger partial charge is 0.451 e. The summed E-state index contributed by atoms with van der Waals surface area (Å²) in [7, 11) is -3.49. The zero-order chi connectivity index (χ0) is 16.9. The summed E-state index contributed by atoms with van der Waals surface area (Å²) in [5, 5.41) is 2.90. The van der Waals surface area contributed by atoms with E-state index in [2.05, 4.69) is 95.3 Å². The van der Waals surface area contributed by atoms with Gasteiger partial charge < -0.3 is 4.12 Å². The Morgan fingerprint density at radius 2 is 1.17 bits per heavy atom. The molecule has 0 aliphatic rings. The molecule has 2 aromatic rings. The summed E-state index contributed by atoms with van der Waals surface area (Å²) in [6.45, 7) is 11.7. The summed E-state index contributed by atoms with van der Waals surface area (Å²) in [5.74, 6) is 0. The van der Waals surface area contributed by atoms with Gasteiger partial charge in [-0.1, -0.05) is 95.3 Å². The van der Waals surface area contributed by atoms with Crippen LogP contribution in [0, 0.1) is 0 Å². The molecule has 0 radical (unpaired) electrons.